The van der Waals surface area contributed by atoms with E-state index >= 15 is 0 Å². The van der Waals surface area contributed by atoms with Gasteiger partial charge in [-0.1, -0.05) is 6.92 Å². The molecule has 0 amide bonds. The lowest BCUT2D eigenvalue weighted by Crippen LogP contribution is -2.09. The van der Waals surface area contributed by atoms with Crippen molar-refractivity contribution in [3.05, 3.63) is 57.4 Å². The Morgan fingerprint density at radius 2 is 1.88 bits per heavy atom. The molecule has 0 saturated carbocycles. The van der Waals surface area contributed by atoms with Crippen molar-refractivity contribution < 1.29 is 36.7 Å². The molecule has 2 rings (SSSR count). The molecular weight excluding hydrogens is 381 g/mol. The molecule has 0 aliphatic heterocycles. The Kier molecular flexibility index (Phi) is 5.58. The van der Waals surface area contributed by atoms with Crippen molar-refractivity contribution in [1.82, 2.24) is 0 Å². The summed E-state index contributed by atoms with van der Waals surface area (Å²) in [7, 11) is -3.10. The van der Waals surface area contributed by atoms with Gasteiger partial charge in [0.15, 0.2) is 11.6 Å². The molecule has 1 atom stereocenters. The van der Waals surface area contributed by atoms with Crippen molar-refractivity contribution in [3.8, 4) is 11.5 Å². The van der Waals surface area contributed by atoms with Gasteiger partial charge in [0.1, 0.15) is 5.75 Å². The average molecular weight is 392 g/mol. The van der Waals surface area contributed by atoms with Crippen LogP contribution in [-0.2, 0) is 17.2 Å². The number of rotatable bonds is 5. The highest BCUT2D eigenvalue weighted by Gasteiger charge is 2.33. The Morgan fingerprint density at radius 3 is 2.35 bits per heavy atom. The van der Waals surface area contributed by atoms with Gasteiger partial charge in [-0.3, -0.25) is 10.1 Å². The first-order valence-electron chi connectivity index (χ1n) is 7.06. The minimum absolute atomic E-state index is 0.163. The largest absolute Gasteiger partial charge is 0.553 e. The SMILES string of the molecule is CCc1cc([N+](=O)[O-])c([P+](=O)O)cc1Oc1ccc(C(F)(F)F)cc1F. The summed E-state index contributed by atoms with van der Waals surface area (Å²) >= 11 is 0. The molecule has 11 heteroatoms. The van der Waals surface area contributed by atoms with Gasteiger partial charge in [0.25, 0.3) is 0 Å². The van der Waals surface area contributed by atoms with Crippen LogP contribution in [0.25, 0.3) is 0 Å². The van der Waals surface area contributed by atoms with E-state index in [-0.39, 0.29) is 23.8 Å². The molecule has 0 spiro atoms. The Morgan fingerprint density at radius 1 is 1.23 bits per heavy atom. The van der Waals surface area contributed by atoms with Gasteiger partial charge in [0.2, 0.25) is 0 Å². The molecule has 26 heavy (non-hydrogen) atoms. The lowest BCUT2D eigenvalue weighted by Gasteiger charge is -2.12. The number of nitro groups is 1. The van der Waals surface area contributed by atoms with E-state index < -0.39 is 47.2 Å². The van der Waals surface area contributed by atoms with E-state index in [1.54, 1.807) is 6.92 Å². The molecule has 0 heterocycles. The molecule has 0 fully saturated rings. The van der Waals surface area contributed by atoms with Crippen LogP contribution in [0.1, 0.15) is 18.1 Å². The van der Waals surface area contributed by atoms with Crippen LogP contribution in [0.15, 0.2) is 30.3 Å². The topological polar surface area (TPSA) is 89.7 Å². The summed E-state index contributed by atoms with van der Waals surface area (Å²) in [5.41, 5.74) is -1.59. The second-order valence-electron chi connectivity index (χ2n) is 5.08. The summed E-state index contributed by atoms with van der Waals surface area (Å²) in [5.74, 6) is -2.01. The normalized spacial score (nSPS) is 12.0. The lowest BCUT2D eigenvalue weighted by molar-refractivity contribution is -0.383. The van der Waals surface area contributed by atoms with Crippen LogP contribution >= 0.6 is 8.03 Å². The Labute approximate surface area is 145 Å². The van der Waals surface area contributed by atoms with Gasteiger partial charge in [-0.2, -0.15) is 18.1 Å². The second kappa shape index (κ2) is 7.35. The summed E-state index contributed by atoms with van der Waals surface area (Å²) in [5, 5.41) is 10.5. The summed E-state index contributed by atoms with van der Waals surface area (Å²) < 4.78 is 68.2. The molecule has 1 unspecified atom stereocenters. The zero-order valence-corrected chi connectivity index (χ0v) is 14.0. The van der Waals surface area contributed by atoms with Gasteiger partial charge >= 0.3 is 25.2 Å². The first-order valence-corrected chi connectivity index (χ1v) is 8.27. The number of halogens is 4. The number of aryl methyl sites for hydroxylation is 1. The van der Waals surface area contributed by atoms with Gasteiger partial charge in [-0.25, -0.2) is 4.39 Å². The molecule has 0 aliphatic carbocycles. The van der Waals surface area contributed by atoms with Crippen molar-refractivity contribution in [2.45, 2.75) is 19.5 Å². The highest BCUT2D eigenvalue weighted by Crippen LogP contribution is 2.36. The van der Waals surface area contributed by atoms with E-state index in [1.165, 1.54) is 0 Å². The van der Waals surface area contributed by atoms with Crippen LogP contribution in [0.5, 0.6) is 11.5 Å². The maximum Gasteiger partial charge on any atom is 0.553 e. The predicted octanol–water partition coefficient (Wildman–Crippen LogP) is 4.47. The minimum atomic E-state index is -4.73. The molecule has 0 aromatic heterocycles. The van der Waals surface area contributed by atoms with Crippen LogP contribution < -0.4 is 10.0 Å². The number of benzene rings is 2. The zero-order valence-electron chi connectivity index (χ0n) is 13.1. The third-order valence-corrected chi connectivity index (χ3v) is 4.19. The van der Waals surface area contributed by atoms with E-state index in [4.69, 9.17) is 4.74 Å². The van der Waals surface area contributed by atoms with Crippen molar-refractivity contribution in [1.29, 1.82) is 0 Å². The van der Waals surface area contributed by atoms with Crippen molar-refractivity contribution in [2.75, 3.05) is 0 Å². The fourth-order valence-corrected chi connectivity index (χ4v) is 2.72. The van der Waals surface area contributed by atoms with Gasteiger partial charge in [0, 0.05) is 17.7 Å². The number of nitrogens with zero attached hydrogens (tertiary/aromatic N) is 1. The first kappa shape index (κ1) is 19.7. The summed E-state index contributed by atoms with van der Waals surface area (Å²) in [6.45, 7) is 1.60. The van der Waals surface area contributed by atoms with E-state index in [0.717, 1.165) is 18.2 Å². The molecular formula is C15H11F4NO5P+. The second-order valence-corrected chi connectivity index (χ2v) is 6.10. The molecule has 0 radical (unpaired) electrons. The summed E-state index contributed by atoms with van der Waals surface area (Å²) in [6.07, 6.45) is -4.54. The average Bonchev–Trinajstić information content (AvgIpc) is 2.54. The lowest BCUT2D eigenvalue weighted by atomic mass is 10.1. The Balaban J connectivity index is 2.51. The monoisotopic (exact) mass is 392 g/mol. The van der Waals surface area contributed by atoms with Crippen LogP contribution in [0.2, 0.25) is 0 Å². The Bertz CT molecular complexity index is 885. The molecule has 0 saturated heterocycles. The maximum absolute atomic E-state index is 13.9. The quantitative estimate of drug-likeness (QED) is 0.351. The van der Waals surface area contributed by atoms with Crippen LogP contribution in [-0.4, -0.2) is 9.82 Å². The highest BCUT2D eigenvalue weighted by atomic mass is 31.1. The van der Waals surface area contributed by atoms with E-state index in [2.05, 4.69) is 0 Å². The van der Waals surface area contributed by atoms with Gasteiger partial charge in [-0.05, 0) is 29.2 Å². The number of hydrogen-bond acceptors (Lipinski definition) is 4. The number of nitro benzene ring substituents is 1. The van der Waals surface area contributed by atoms with E-state index in [1.807, 2.05) is 0 Å². The highest BCUT2D eigenvalue weighted by molar-refractivity contribution is 7.47. The first-order chi connectivity index (χ1) is 12.0. The van der Waals surface area contributed by atoms with Crippen LogP contribution in [0, 0.1) is 15.9 Å². The smallest absolute Gasteiger partial charge is 0.454 e. The fraction of sp³-hybridized carbons (Fsp3) is 0.200. The molecule has 6 nitrogen and oxygen atoms in total. The minimum Gasteiger partial charge on any atom is -0.454 e. The van der Waals surface area contributed by atoms with Gasteiger partial charge in [-0.15, -0.1) is 0 Å². The van der Waals surface area contributed by atoms with Crippen molar-refractivity contribution in [2.24, 2.45) is 0 Å². The fourth-order valence-electron chi connectivity index (χ4n) is 2.15. The molecule has 2 aromatic rings. The maximum atomic E-state index is 13.9. The third-order valence-electron chi connectivity index (χ3n) is 3.42. The molecule has 2 aromatic carbocycles. The molecule has 0 bridgehead atoms. The van der Waals surface area contributed by atoms with Gasteiger partial charge < -0.3 is 4.74 Å². The van der Waals surface area contributed by atoms with Crippen molar-refractivity contribution >= 4 is 19.0 Å². The third kappa shape index (κ3) is 4.14. The zero-order chi connectivity index (χ0) is 19.6. The molecule has 138 valence electrons. The molecule has 1 N–H and O–H groups in total. The summed E-state index contributed by atoms with van der Waals surface area (Å²) in [4.78, 5) is 19.4. The Hall–Kier alpha value is -2.58. The standard InChI is InChI=1S/C15H10F4NO5P/c1-2-8-5-11(20(21)22)14(26(23)24)7-13(8)25-12-4-3-9(6-10(12)16)15(17,18)19/h3-7H,2H2,1H3/p+1. The predicted molar refractivity (Wildman–Crippen MR) is 83.4 cm³/mol. The van der Waals surface area contributed by atoms with E-state index in [0.29, 0.717) is 6.07 Å². The van der Waals surface area contributed by atoms with E-state index in [9.17, 15) is 37.1 Å². The van der Waals surface area contributed by atoms with Crippen LogP contribution in [0.3, 0.4) is 0 Å². The molecule has 0 aliphatic rings. The number of ether oxygens (including phenoxy) is 1. The van der Waals surface area contributed by atoms with Crippen LogP contribution in [0.4, 0.5) is 23.2 Å². The number of alkyl halides is 3. The summed E-state index contributed by atoms with van der Waals surface area (Å²) in [6, 6.07) is 3.54. The van der Waals surface area contributed by atoms with Crippen molar-refractivity contribution in [3.63, 3.8) is 0 Å². The van der Waals surface area contributed by atoms with Gasteiger partial charge in [0.05, 0.1) is 10.5 Å². The number of hydrogen-bond donors (Lipinski definition) is 1.